The fraction of sp³-hybridized carbons (Fsp3) is 0.600. The molecule has 0 unspecified atom stereocenters. The van der Waals surface area contributed by atoms with Crippen LogP contribution < -0.4 is 24.8 Å². The molecule has 0 rings (SSSR count). The van der Waals surface area contributed by atoms with Gasteiger partial charge in [0.05, 0.1) is 6.42 Å². The Balaban J connectivity index is -0.000000135. The number of carbonyl (C=O) groups is 2. The number of Topliss-reactive ketones (excluding diaryl/α,β-unsaturated/α-hetero) is 2. The van der Waals surface area contributed by atoms with Crippen molar-refractivity contribution in [3.05, 3.63) is 0 Å². The zero-order valence-corrected chi connectivity index (χ0v) is 9.49. The van der Waals surface area contributed by atoms with E-state index in [4.69, 9.17) is 0 Å². The van der Waals surface area contributed by atoms with Gasteiger partial charge in [0.15, 0.2) is 0 Å². The monoisotopic (exact) mass is 272 g/mol. The molecular weight excluding hydrogens is 268 g/mol. The number of hydrogen-bond donors (Lipinski definition) is 0. The third kappa shape index (κ3) is 12.4. The zero-order valence-electron chi connectivity index (χ0n) is 6.41. The van der Waals surface area contributed by atoms with E-state index >= 15 is 0 Å². The predicted molar refractivity (Wildman–Crippen MR) is 26.4 cm³/mol. The molecule has 76 valence electrons. The molecule has 0 aromatic rings. The summed E-state index contributed by atoms with van der Waals surface area (Å²) >= 11 is 0. The normalized spacial score (nSPS) is 8.62. The van der Waals surface area contributed by atoms with Crippen molar-refractivity contribution in [3.8, 4) is 0 Å². The van der Waals surface area contributed by atoms with E-state index in [9.17, 15) is 22.8 Å². The molecule has 0 aromatic carbocycles. The van der Waals surface area contributed by atoms with Crippen molar-refractivity contribution in [1.29, 1.82) is 0 Å². The topological polar surface area (TPSA) is 34.1 Å². The minimum atomic E-state index is -4.87. The summed E-state index contributed by atoms with van der Waals surface area (Å²) in [7, 11) is 0. The Bertz CT molecular complexity index is 172. The molecule has 0 N–H and O–H groups in total. The first-order valence-electron chi connectivity index (χ1n) is 2.43. The minimum absolute atomic E-state index is 0. The molecular formula is C5H5Cl2F3O2Ti. The molecule has 0 aliphatic rings. The molecule has 0 spiro atoms. The number of ketones is 2. The quantitative estimate of drug-likeness (QED) is 0.373. The van der Waals surface area contributed by atoms with E-state index in [-0.39, 0.29) is 46.5 Å². The van der Waals surface area contributed by atoms with Gasteiger partial charge in [-0.1, -0.05) is 0 Å². The summed E-state index contributed by atoms with van der Waals surface area (Å²) in [6.45, 7) is 0.934. The number of rotatable bonds is 2. The summed E-state index contributed by atoms with van der Waals surface area (Å²) in [5.41, 5.74) is 0. The molecule has 0 saturated carbocycles. The van der Waals surface area contributed by atoms with Crippen molar-refractivity contribution in [2.24, 2.45) is 0 Å². The second-order valence-corrected chi connectivity index (χ2v) is 1.80. The summed E-state index contributed by atoms with van der Waals surface area (Å²) in [4.78, 5) is 19.9. The van der Waals surface area contributed by atoms with Crippen LogP contribution >= 0.6 is 0 Å². The molecule has 0 radical (unpaired) electrons. The third-order valence-electron chi connectivity index (χ3n) is 0.726. The molecule has 0 bridgehead atoms. The molecule has 13 heavy (non-hydrogen) atoms. The van der Waals surface area contributed by atoms with E-state index in [2.05, 4.69) is 0 Å². The Morgan fingerprint density at radius 2 is 1.46 bits per heavy atom. The standard InChI is InChI=1S/C5H5F3O2.2ClH.Ti/c1-3(9)2-4(10)5(6,7)8;;;/h2H2,1H3;2*1H;/q;;;+2/p-2. The minimum Gasteiger partial charge on any atom is -1.00 e. The Hall–Kier alpha value is 0.424. The zero-order chi connectivity index (χ0) is 8.36. The van der Waals surface area contributed by atoms with E-state index in [1.165, 1.54) is 0 Å². The smallest absolute Gasteiger partial charge is 1.00 e. The van der Waals surface area contributed by atoms with Crippen molar-refractivity contribution in [3.63, 3.8) is 0 Å². The molecule has 0 saturated heterocycles. The van der Waals surface area contributed by atoms with Crippen molar-refractivity contribution < 1.29 is 69.3 Å². The number of hydrogen-bond acceptors (Lipinski definition) is 2. The summed E-state index contributed by atoms with van der Waals surface area (Å²) in [5.74, 6) is -2.76. The maximum atomic E-state index is 11.3. The Morgan fingerprint density at radius 3 is 1.54 bits per heavy atom. The largest absolute Gasteiger partial charge is 2.00 e. The van der Waals surface area contributed by atoms with Gasteiger partial charge in [-0.25, -0.2) is 0 Å². The Morgan fingerprint density at radius 1 is 1.15 bits per heavy atom. The Kier molecular flexibility index (Phi) is 16.1. The van der Waals surface area contributed by atoms with Gasteiger partial charge in [-0.2, -0.15) is 13.2 Å². The van der Waals surface area contributed by atoms with Crippen LogP contribution in [0, 0.1) is 0 Å². The van der Waals surface area contributed by atoms with Crippen LogP contribution in [-0.2, 0) is 31.3 Å². The molecule has 2 nitrogen and oxygen atoms in total. The van der Waals surface area contributed by atoms with E-state index < -0.39 is 24.2 Å². The van der Waals surface area contributed by atoms with Gasteiger partial charge in [-0.15, -0.1) is 0 Å². The van der Waals surface area contributed by atoms with Crippen molar-refractivity contribution in [2.45, 2.75) is 19.5 Å². The first kappa shape index (κ1) is 23.3. The van der Waals surface area contributed by atoms with Crippen LogP contribution in [0.3, 0.4) is 0 Å². The number of alkyl halides is 3. The Labute approximate surface area is 100 Å². The summed E-state index contributed by atoms with van der Waals surface area (Å²) in [6.07, 6.45) is -5.92. The average Bonchev–Trinajstić information content (AvgIpc) is 1.60. The van der Waals surface area contributed by atoms with Gasteiger partial charge >= 0.3 is 27.9 Å². The van der Waals surface area contributed by atoms with Crippen LogP contribution in [-0.4, -0.2) is 17.7 Å². The molecule has 0 amide bonds. The molecule has 0 heterocycles. The van der Waals surface area contributed by atoms with E-state index in [0.29, 0.717) is 0 Å². The van der Waals surface area contributed by atoms with Gasteiger partial charge in [0.2, 0.25) is 5.78 Å². The van der Waals surface area contributed by atoms with Crippen LogP contribution in [0.15, 0.2) is 0 Å². The number of carbonyl (C=O) groups excluding carboxylic acids is 2. The fourth-order valence-corrected chi connectivity index (χ4v) is 0.326. The SMILES string of the molecule is CC(=O)CC(=O)C(F)(F)F.[Cl-].[Cl-].[Ti+2]. The van der Waals surface area contributed by atoms with E-state index in [0.717, 1.165) is 6.92 Å². The van der Waals surface area contributed by atoms with Gasteiger partial charge in [0.1, 0.15) is 5.78 Å². The summed E-state index contributed by atoms with van der Waals surface area (Å²) in [6, 6.07) is 0. The molecule has 0 aliphatic carbocycles. The van der Waals surface area contributed by atoms with Gasteiger partial charge in [-0.3, -0.25) is 9.59 Å². The van der Waals surface area contributed by atoms with Crippen molar-refractivity contribution in [1.82, 2.24) is 0 Å². The average molecular weight is 273 g/mol. The van der Waals surface area contributed by atoms with E-state index in [1.807, 2.05) is 0 Å². The van der Waals surface area contributed by atoms with Crippen LogP contribution in [0.2, 0.25) is 0 Å². The van der Waals surface area contributed by atoms with E-state index in [1.54, 1.807) is 0 Å². The summed E-state index contributed by atoms with van der Waals surface area (Å²) < 4.78 is 33.9. The van der Waals surface area contributed by atoms with Gasteiger partial charge in [0.25, 0.3) is 0 Å². The third-order valence-corrected chi connectivity index (χ3v) is 0.726. The first-order chi connectivity index (χ1) is 4.34. The van der Waals surface area contributed by atoms with Crippen molar-refractivity contribution >= 4 is 11.6 Å². The van der Waals surface area contributed by atoms with Crippen molar-refractivity contribution in [2.75, 3.05) is 0 Å². The molecule has 0 aromatic heterocycles. The molecule has 0 fully saturated rings. The molecule has 8 heteroatoms. The van der Waals surface area contributed by atoms with Crippen LogP contribution in [0.1, 0.15) is 13.3 Å². The number of halogens is 5. The maximum Gasteiger partial charge on any atom is 2.00 e. The van der Waals surface area contributed by atoms with Crippen LogP contribution in [0.25, 0.3) is 0 Å². The maximum absolute atomic E-state index is 11.3. The van der Waals surface area contributed by atoms with Gasteiger partial charge < -0.3 is 24.8 Å². The van der Waals surface area contributed by atoms with Gasteiger partial charge in [0, 0.05) is 0 Å². The molecule has 0 atom stereocenters. The molecule has 0 aliphatic heterocycles. The first-order valence-corrected chi connectivity index (χ1v) is 2.43. The fourth-order valence-electron chi connectivity index (χ4n) is 0.326. The second kappa shape index (κ2) is 9.00. The predicted octanol–water partition coefficient (Wildman–Crippen LogP) is -4.90. The van der Waals surface area contributed by atoms with Crippen LogP contribution in [0.5, 0.6) is 0 Å². The van der Waals surface area contributed by atoms with Gasteiger partial charge in [-0.05, 0) is 6.92 Å². The second-order valence-electron chi connectivity index (χ2n) is 1.80. The summed E-state index contributed by atoms with van der Waals surface area (Å²) in [5, 5.41) is 0. The van der Waals surface area contributed by atoms with Crippen LogP contribution in [0.4, 0.5) is 13.2 Å².